The molecule has 0 heterocycles. The lowest BCUT2D eigenvalue weighted by atomic mass is 10.2. The molecular formula is C10H10N2O. The van der Waals surface area contributed by atoms with Crippen molar-refractivity contribution in [2.45, 2.75) is 0 Å². The molecule has 0 amide bonds. The second kappa shape index (κ2) is 4.27. The molecule has 0 saturated carbocycles. The number of hydrogen-bond donors (Lipinski definition) is 0. The molecule has 3 heteroatoms. The number of anilines is 1. The Kier molecular flexibility index (Phi) is 3.04. The molecule has 1 aromatic carbocycles. The van der Waals surface area contributed by atoms with Crippen LogP contribution in [0.3, 0.4) is 0 Å². The molecule has 0 aliphatic rings. The van der Waals surface area contributed by atoms with Gasteiger partial charge in [0.05, 0.1) is 18.2 Å². The Bertz CT molecular complexity index is 341. The molecule has 0 aromatic heterocycles. The summed E-state index contributed by atoms with van der Waals surface area (Å²) in [6.45, 7) is 0.342. The van der Waals surface area contributed by atoms with E-state index in [2.05, 4.69) is 0 Å². The molecule has 13 heavy (non-hydrogen) atoms. The van der Waals surface area contributed by atoms with E-state index in [0.717, 1.165) is 12.0 Å². The van der Waals surface area contributed by atoms with Crippen LogP contribution in [0.4, 0.5) is 5.69 Å². The lowest BCUT2D eigenvalue weighted by Gasteiger charge is -2.15. The Morgan fingerprint density at radius 3 is 3.00 bits per heavy atom. The van der Waals surface area contributed by atoms with E-state index in [1.165, 1.54) is 0 Å². The summed E-state index contributed by atoms with van der Waals surface area (Å²) in [7, 11) is 1.81. The lowest BCUT2D eigenvalue weighted by Crippen LogP contribution is -2.19. The average molecular weight is 174 g/mol. The predicted octanol–water partition coefficient (Wildman–Crippen LogP) is 1.19. The Morgan fingerprint density at radius 1 is 1.62 bits per heavy atom. The number of rotatable bonds is 3. The molecule has 0 aliphatic heterocycles. The monoisotopic (exact) mass is 174 g/mol. The fraction of sp³-hybridized carbons (Fsp3) is 0.200. The SMILES string of the molecule is CN(CC=O)c1cccc(C#N)c1. The number of carbonyl (C=O) groups is 1. The standard InChI is InChI=1S/C10H10N2O/c1-12(5-6-13)10-4-2-3-9(7-10)8-11/h2-4,6-7H,5H2,1H3. The minimum Gasteiger partial charge on any atom is -0.368 e. The van der Waals surface area contributed by atoms with E-state index in [0.29, 0.717) is 12.1 Å². The molecule has 0 saturated heterocycles. The van der Waals surface area contributed by atoms with Crippen molar-refractivity contribution < 1.29 is 4.79 Å². The fourth-order valence-electron chi connectivity index (χ4n) is 1.03. The summed E-state index contributed by atoms with van der Waals surface area (Å²) >= 11 is 0. The first-order chi connectivity index (χ1) is 6.27. The van der Waals surface area contributed by atoms with Crippen LogP contribution in [0.1, 0.15) is 5.56 Å². The van der Waals surface area contributed by atoms with Crippen molar-refractivity contribution in [3.63, 3.8) is 0 Å². The molecule has 0 fully saturated rings. The van der Waals surface area contributed by atoms with Gasteiger partial charge in [0.1, 0.15) is 6.29 Å². The highest BCUT2D eigenvalue weighted by Gasteiger charge is 1.99. The van der Waals surface area contributed by atoms with Gasteiger partial charge in [-0.1, -0.05) is 6.07 Å². The number of likely N-dealkylation sites (N-methyl/N-ethyl adjacent to an activating group) is 1. The maximum Gasteiger partial charge on any atom is 0.139 e. The quantitative estimate of drug-likeness (QED) is 0.646. The van der Waals surface area contributed by atoms with Gasteiger partial charge in [-0.2, -0.15) is 5.26 Å². The number of nitriles is 1. The first-order valence-corrected chi connectivity index (χ1v) is 3.93. The molecule has 0 atom stereocenters. The Hall–Kier alpha value is -1.82. The number of hydrogen-bond acceptors (Lipinski definition) is 3. The lowest BCUT2D eigenvalue weighted by molar-refractivity contribution is -0.106. The minimum atomic E-state index is 0.342. The van der Waals surface area contributed by atoms with E-state index in [1.807, 2.05) is 19.2 Å². The van der Waals surface area contributed by atoms with E-state index in [-0.39, 0.29) is 0 Å². The molecule has 0 unspecified atom stereocenters. The molecular weight excluding hydrogens is 164 g/mol. The third-order valence-corrected chi connectivity index (χ3v) is 1.76. The summed E-state index contributed by atoms with van der Waals surface area (Å²) in [5.41, 5.74) is 1.49. The first-order valence-electron chi connectivity index (χ1n) is 3.93. The molecule has 1 aromatic rings. The van der Waals surface area contributed by atoms with Crippen molar-refractivity contribution in [1.29, 1.82) is 5.26 Å². The molecule has 0 radical (unpaired) electrons. The fourth-order valence-corrected chi connectivity index (χ4v) is 1.03. The van der Waals surface area contributed by atoms with Gasteiger partial charge >= 0.3 is 0 Å². The van der Waals surface area contributed by atoms with Gasteiger partial charge in [-0.15, -0.1) is 0 Å². The van der Waals surface area contributed by atoms with Crippen LogP contribution in [-0.4, -0.2) is 19.9 Å². The van der Waals surface area contributed by atoms with Crippen molar-refractivity contribution in [2.75, 3.05) is 18.5 Å². The van der Waals surface area contributed by atoms with Crippen LogP contribution in [0.5, 0.6) is 0 Å². The summed E-state index contributed by atoms with van der Waals surface area (Å²) < 4.78 is 0. The van der Waals surface area contributed by atoms with Crippen LogP contribution < -0.4 is 4.90 Å². The van der Waals surface area contributed by atoms with Crippen LogP contribution >= 0.6 is 0 Å². The van der Waals surface area contributed by atoms with Gasteiger partial charge < -0.3 is 9.69 Å². The number of aldehydes is 1. The van der Waals surface area contributed by atoms with Crippen LogP contribution in [0, 0.1) is 11.3 Å². The van der Waals surface area contributed by atoms with Gasteiger partial charge in [-0.3, -0.25) is 0 Å². The van der Waals surface area contributed by atoms with Gasteiger partial charge in [0.25, 0.3) is 0 Å². The average Bonchev–Trinajstić information content (AvgIpc) is 2.18. The number of nitrogens with zero attached hydrogens (tertiary/aromatic N) is 2. The first kappa shape index (κ1) is 9.27. The molecule has 1 rings (SSSR count). The minimum absolute atomic E-state index is 0.342. The molecule has 0 aliphatic carbocycles. The molecule has 0 bridgehead atoms. The van der Waals surface area contributed by atoms with Gasteiger partial charge in [0, 0.05) is 12.7 Å². The zero-order chi connectivity index (χ0) is 9.68. The molecule has 3 nitrogen and oxygen atoms in total. The van der Waals surface area contributed by atoms with Gasteiger partial charge in [0.2, 0.25) is 0 Å². The maximum atomic E-state index is 10.2. The van der Waals surface area contributed by atoms with Crippen molar-refractivity contribution in [3.05, 3.63) is 29.8 Å². The Morgan fingerprint density at radius 2 is 2.38 bits per heavy atom. The summed E-state index contributed by atoms with van der Waals surface area (Å²) in [6.07, 6.45) is 0.832. The topological polar surface area (TPSA) is 44.1 Å². The van der Waals surface area contributed by atoms with Crippen molar-refractivity contribution in [1.82, 2.24) is 0 Å². The van der Waals surface area contributed by atoms with Crippen LogP contribution in [-0.2, 0) is 4.79 Å². The Balaban J connectivity index is 2.89. The second-order valence-corrected chi connectivity index (χ2v) is 2.71. The van der Waals surface area contributed by atoms with Crippen LogP contribution in [0.25, 0.3) is 0 Å². The maximum absolute atomic E-state index is 10.2. The van der Waals surface area contributed by atoms with Crippen molar-refractivity contribution in [2.24, 2.45) is 0 Å². The smallest absolute Gasteiger partial charge is 0.139 e. The van der Waals surface area contributed by atoms with E-state index in [4.69, 9.17) is 5.26 Å². The van der Waals surface area contributed by atoms with Crippen LogP contribution in [0.15, 0.2) is 24.3 Å². The third kappa shape index (κ3) is 2.31. The highest BCUT2D eigenvalue weighted by atomic mass is 16.1. The number of benzene rings is 1. The van der Waals surface area contributed by atoms with Crippen molar-refractivity contribution in [3.8, 4) is 6.07 Å². The van der Waals surface area contributed by atoms with E-state index >= 15 is 0 Å². The summed E-state index contributed by atoms with van der Waals surface area (Å²) in [4.78, 5) is 12.0. The van der Waals surface area contributed by atoms with Gasteiger partial charge in [0.15, 0.2) is 0 Å². The summed E-state index contributed by atoms with van der Waals surface area (Å²) in [6, 6.07) is 9.20. The van der Waals surface area contributed by atoms with Gasteiger partial charge in [-0.05, 0) is 18.2 Å². The third-order valence-electron chi connectivity index (χ3n) is 1.76. The second-order valence-electron chi connectivity index (χ2n) is 2.71. The van der Waals surface area contributed by atoms with E-state index < -0.39 is 0 Å². The van der Waals surface area contributed by atoms with Crippen molar-refractivity contribution >= 4 is 12.0 Å². The highest BCUT2D eigenvalue weighted by molar-refractivity contribution is 5.61. The molecule has 0 spiro atoms. The summed E-state index contributed by atoms with van der Waals surface area (Å²) in [5.74, 6) is 0. The highest BCUT2D eigenvalue weighted by Crippen LogP contribution is 2.13. The van der Waals surface area contributed by atoms with Crippen LogP contribution in [0.2, 0.25) is 0 Å². The van der Waals surface area contributed by atoms with Gasteiger partial charge in [-0.25, -0.2) is 0 Å². The normalized spacial score (nSPS) is 8.92. The predicted molar refractivity (Wildman–Crippen MR) is 50.5 cm³/mol. The van der Waals surface area contributed by atoms with E-state index in [9.17, 15) is 4.79 Å². The Labute approximate surface area is 77.2 Å². The zero-order valence-electron chi connectivity index (χ0n) is 7.40. The largest absolute Gasteiger partial charge is 0.368 e. The molecule has 0 N–H and O–H groups in total. The van der Waals surface area contributed by atoms with E-state index in [1.54, 1.807) is 23.1 Å². The molecule has 66 valence electrons. The summed E-state index contributed by atoms with van der Waals surface area (Å²) in [5, 5.41) is 8.64. The zero-order valence-corrected chi connectivity index (χ0v) is 7.40. The number of carbonyl (C=O) groups excluding carboxylic acids is 1.